The number of anilines is 1. The number of hydrogen-bond acceptors (Lipinski definition) is 9. The van der Waals surface area contributed by atoms with Crippen molar-refractivity contribution in [2.45, 2.75) is 57.5 Å². The first kappa shape index (κ1) is 17.1. The molecule has 4 rings (SSSR count). The lowest BCUT2D eigenvalue weighted by Gasteiger charge is -2.27. The molecule has 2 aliphatic rings. The maximum Gasteiger partial charge on any atom is 0.338 e. The number of nitrogen functional groups attached to an aromatic ring is 1. The minimum atomic E-state index is -1.02. The van der Waals surface area contributed by atoms with Crippen LogP contribution in [0.4, 0.5) is 5.82 Å². The van der Waals surface area contributed by atoms with Gasteiger partial charge in [-0.05, 0) is 27.7 Å². The summed E-state index contributed by atoms with van der Waals surface area (Å²) < 4.78 is 25.0. The van der Waals surface area contributed by atoms with Gasteiger partial charge in [0.05, 0.1) is 12.9 Å². The van der Waals surface area contributed by atoms with Crippen LogP contribution in [0.5, 0.6) is 0 Å². The fraction of sp³-hybridized carbons (Fsp3) is 0.625. The second kappa shape index (κ2) is 5.60. The summed E-state index contributed by atoms with van der Waals surface area (Å²) in [5, 5.41) is 0. The molecule has 2 aliphatic heterocycles. The quantitative estimate of drug-likeness (QED) is 0.788. The number of imidazole rings is 1. The molecule has 2 fully saturated rings. The summed E-state index contributed by atoms with van der Waals surface area (Å²) >= 11 is 0. The van der Waals surface area contributed by atoms with Crippen molar-refractivity contribution >= 4 is 23.0 Å². The lowest BCUT2D eigenvalue weighted by Crippen LogP contribution is -2.47. The van der Waals surface area contributed by atoms with E-state index in [1.165, 1.54) is 6.33 Å². The molecule has 0 unspecified atom stereocenters. The molecule has 0 spiro atoms. The van der Waals surface area contributed by atoms with E-state index in [0.717, 1.165) is 0 Å². The molecule has 26 heavy (non-hydrogen) atoms. The van der Waals surface area contributed by atoms with Crippen LogP contribution in [-0.4, -0.2) is 55.7 Å². The second-order valence-corrected chi connectivity index (χ2v) is 6.97. The summed E-state index contributed by atoms with van der Waals surface area (Å²) in [6.07, 6.45) is 0.693. The zero-order chi connectivity index (χ0) is 18.7. The molecular weight excluding hydrogens is 342 g/mol. The fourth-order valence-electron chi connectivity index (χ4n) is 3.70. The van der Waals surface area contributed by atoms with Crippen LogP contribution in [0.2, 0.25) is 0 Å². The molecule has 4 atom stereocenters. The van der Waals surface area contributed by atoms with Crippen molar-refractivity contribution in [3.05, 3.63) is 12.7 Å². The molecule has 2 aromatic heterocycles. The van der Waals surface area contributed by atoms with Crippen LogP contribution in [0.15, 0.2) is 12.7 Å². The van der Waals surface area contributed by atoms with Gasteiger partial charge in [-0.15, -0.1) is 0 Å². The first-order chi connectivity index (χ1) is 12.3. The van der Waals surface area contributed by atoms with Crippen molar-refractivity contribution in [3.8, 4) is 0 Å². The highest BCUT2D eigenvalue weighted by Crippen LogP contribution is 2.50. The first-order valence-corrected chi connectivity index (χ1v) is 8.40. The van der Waals surface area contributed by atoms with E-state index in [4.69, 9.17) is 24.7 Å². The molecule has 10 heteroatoms. The Hall–Kier alpha value is -2.30. The molecule has 0 amide bonds. The van der Waals surface area contributed by atoms with E-state index in [0.29, 0.717) is 11.2 Å². The van der Waals surface area contributed by atoms with Crippen molar-refractivity contribution in [1.82, 2.24) is 19.5 Å². The summed E-state index contributed by atoms with van der Waals surface area (Å²) in [5.41, 5.74) is 5.79. The van der Waals surface area contributed by atoms with Crippen LogP contribution in [0, 0.1) is 0 Å². The predicted octanol–water partition coefficient (Wildman–Crippen LogP) is 0.779. The van der Waals surface area contributed by atoms with E-state index >= 15 is 0 Å². The van der Waals surface area contributed by atoms with Crippen molar-refractivity contribution in [1.29, 1.82) is 0 Å². The number of carbonyl (C=O) groups is 1. The van der Waals surface area contributed by atoms with E-state index in [1.54, 1.807) is 38.6 Å². The number of esters is 1. The standard InChI is InChI=1S/C16H21N5O5/c1-5-23-14(22)10-16(4)9(25-15(2,3)26-16)13(24-10)21-7-20-8-11(17)18-6-19-12(8)21/h6-7,9-10,13H,5H2,1-4H3,(H2,17,18,19)/t9-,10+,13+,16-/m0/s1. The number of ether oxygens (including phenoxy) is 4. The molecule has 0 aromatic carbocycles. The van der Waals surface area contributed by atoms with Gasteiger partial charge in [0, 0.05) is 0 Å². The Morgan fingerprint density at radius 3 is 2.85 bits per heavy atom. The Labute approximate surface area is 149 Å². The third kappa shape index (κ3) is 2.37. The number of carbonyl (C=O) groups excluding carboxylic acids is 1. The van der Waals surface area contributed by atoms with Gasteiger partial charge < -0.3 is 24.7 Å². The van der Waals surface area contributed by atoms with E-state index in [-0.39, 0.29) is 12.4 Å². The molecule has 140 valence electrons. The van der Waals surface area contributed by atoms with Gasteiger partial charge in [-0.25, -0.2) is 19.7 Å². The van der Waals surface area contributed by atoms with Gasteiger partial charge in [-0.1, -0.05) is 0 Å². The summed E-state index contributed by atoms with van der Waals surface area (Å²) in [4.78, 5) is 24.9. The van der Waals surface area contributed by atoms with Gasteiger partial charge in [-0.2, -0.15) is 0 Å². The highest BCUT2D eigenvalue weighted by Gasteiger charge is 2.66. The highest BCUT2D eigenvalue weighted by atomic mass is 16.8. The van der Waals surface area contributed by atoms with E-state index < -0.39 is 35.8 Å². The van der Waals surface area contributed by atoms with Gasteiger partial charge in [0.2, 0.25) is 0 Å². The van der Waals surface area contributed by atoms with Crippen LogP contribution >= 0.6 is 0 Å². The van der Waals surface area contributed by atoms with Gasteiger partial charge in [0.1, 0.15) is 23.5 Å². The Morgan fingerprint density at radius 1 is 1.35 bits per heavy atom. The minimum Gasteiger partial charge on any atom is -0.464 e. The predicted molar refractivity (Wildman–Crippen MR) is 88.7 cm³/mol. The molecule has 0 radical (unpaired) electrons. The molecule has 2 aromatic rings. The Morgan fingerprint density at radius 2 is 2.12 bits per heavy atom. The Kier molecular flexibility index (Phi) is 3.69. The minimum absolute atomic E-state index is 0.242. The summed E-state index contributed by atoms with van der Waals surface area (Å²) in [5.74, 6) is -1.11. The van der Waals surface area contributed by atoms with Crippen LogP contribution in [-0.2, 0) is 23.7 Å². The van der Waals surface area contributed by atoms with E-state index in [2.05, 4.69) is 15.0 Å². The SMILES string of the molecule is CCOC(=O)[C@H]1O[C@@H](n2cnc3c(N)ncnc32)[C@@H]2OC(C)(C)O[C@]12C. The lowest BCUT2D eigenvalue weighted by atomic mass is 9.94. The zero-order valence-corrected chi connectivity index (χ0v) is 15.0. The highest BCUT2D eigenvalue weighted by molar-refractivity contribution is 5.81. The number of aromatic nitrogens is 4. The first-order valence-electron chi connectivity index (χ1n) is 8.40. The monoisotopic (exact) mass is 363 g/mol. The van der Waals surface area contributed by atoms with Crippen LogP contribution < -0.4 is 5.73 Å². The number of rotatable bonds is 3. The Balaban J connectivity index is 1.79. The van der Waals surface area contributed by atoms with Crippen LogP contribution in [0.3, 0.4) is 0 Å². The summed E-state index contributed by atoms with van der Waals surface area (Å²) in [6, 6.07) is 0. The van der Waals surface area contributed by atoms with E-state index in [9.17, 15) is 4.79 Å². The van der Waals surface area contributed by atoms with Gasteiger partial charge in [-0.3, -0.25) is 4.57 Å². The molecule has 2 N–H and O–H groups in total. The van der Waals surface area contributed by atoms with Crippen LogP contribution in [0.25, 0.3) is 11.2 Å². The third-order valence-electron chi connectivity index (χ3n) is 4.66. The topological polar surface area (TPSA) is 124 Å². The van der Waals surface area contributed by atoms with Crippen molar-refractivity contribution in [2.24, 2.45) is 0 Å². The summed E-state index contributed by atoms with van der Waals surface area (Å²) in [7, 11) is 0. The maximum atomic E-state index is 12.5. The van der Waals surface area contributed by atoms with Crippen molar-refractivity contribution in [3.63, 3.8) is 0 Å². The lowest BCUT2D eigenvalue weighted by molar-refractivity contribution is -0.216. The number of nitrogens with two attached hydrogens (primary N) is 1. The molecular formula is C16H21N5O5. The van der Waals surface area contributed by atoms with Gasteiger partial charge in [0.25, 0.3) is 0 Å². The van der Waals surface area contributed by atoms with Gasteiger partial charge >= 0.3 is 5.97 Å². The molecule has 10 nitrogen and oxygen atoms in total. The normalized spacial score (nSPS) is 32.7. The van der Waals surface area contributed by atoms with E-state index in [1.807, 2.05) is 0 Å². The largest absolute Gasteiger partial charge is 0.464 e. The Bertz CT molecular complexity index is 868. The number of nitrogens with zero attached hydrogens (tertiary/aromatic N) is 4. The van der Waals surface area contributed by atoms with Crippen molar-refractivity contribution in [2.75, 3.05) is 12.3 Å². The van der Waals surface area contributed by atoms with Gasteiger partial charge in [0.15, 0.2) is 29.6 Å². The molecule has 4 heterocycles. The molecule has 0 aliphatic carbocycles. The smallest absolute Gasteiger partial charge is 0.338 e. The second-order valence-electron chi connectivity index (χ2n) is 6.97. The number of hydrogen-bond donors (Lipinski definition) is 1. The third-order valence-corrected chi connectivity index (χ3v) is 4.66. The number of fused-ring (bicyclic) bond motifs is 2. The summed E-state index contributed by atoms with van der Waals surface area (Å²) in [6.45, 7) is 7.36. The zero-order valence-electron chi connectivity index (χ0n) is 15.0. The average Bonchev–Trinajstić information content (AvgIpc) is 3.15. The van der Waals surface area contributed by atoms with Crippen molar-refractivity contribution < 1.29 is 23.7 Å². The van der Waals surface area contributed by atoms with Crippen LogP contribution in [0.1, 0.15) is 33.9 Å². The molecule has 0 saturated carbocycles. The average molecular weight is 363 g/mol. The fourth-order valence-corrected chi connectivity index (χ4v) is 3.70. The maximum absolute atomic E-state index is 12.5. The molecule has 0 bridgehead atoms. The molecule has 2 saturated heterocycles.